The first kappa shape index (κ1) is 68.6. The maximum Gasteiger partial charge on any atom is 0.306 e. The van der Waals surface area contributed by atoms with Gasteiger partial charge in [-0.2, -0.15) is 0 Å². The number of hydrogen-bond donors (Lipinski definition) is 0. The van der Waals surface area contributed by atoms with E-state index < -0.39 is 6.10 Å². The van der Waals surface area contributed by atoms with Crippen LogP contribution in [0.3, 0.4) is 0 Å². The molecule has 6 heteroatoms. The smallest absolute Gasteiger partial charge is 0.306 e. The topological polar surface area (TPSA) is 78.9 Å². The third-order valence-electron chi connectivity index (χ3n) is 12.2. The fourth-order valence-corrected chi connectivity index (χ4v) is 7.79. The van der Waals surface area contributed by atoms with E-state index in [1.165, 1.54) is 77.0 Å². The lowest BCUT2D eigenvalue weighted by molar-refractivity contribution is -0.166. The highest BCUT2D eigenvalue weighted by atomic mass is 16.6. The highest BCUT2D eigenvalue weighted by Gasteiger charge is 2.19. The Hall–Kier alpha value is -4.45. The molecule has 0 fully saturated rings. The molecule has 0 aliphatic rings. The van der Waals surface area contributed by atoms with Crippen LogP contribution in [-0.2, 0) is 28.6 Å². The van der Waals surface area contributed by atoms with Crippen LogP contribution in [0.2, 0.25) is 0 Å². The number of rotatable bonds is 52. The fraction of sp³-hybridized carbons (Fsp3) is 0.627. The molecule has 6 nitrogen and oxygen atoms in total. The van der Waals surface area contributed by atoms with Gasteiger partial charge in [-0.1, -0.05) is 264 Å². The molecular weight excluding hydrogens is 901 g/mol. The molecular formula is C67H108O6. The van der Waals surface area contributed by atoms with Gasteiger partial charge in [0.05, 0.1) is 0 Å². The first-order valence-electron chi connectivity index (χ1n) is 29.7. The van der Waals surface area contributed by atoms with E-state index in [4.69, 9.17) is 14.2 Å². The van der Waals surface area contributed by atoms with Gasteiger partial charge in [0.2, 0.25) is 0 Å². The first-order valence-corrected chi connectivity index (χ1v) is 29.7. The van der Waals surface area contributed by atoms with E-state index in [1.54, 1.807) is 0 Å². The van der Waals surface area contributed by atoms with Crippen LogP contribution in [0.15, 0.2) is 134 Å². The third-order valence-corrected chi connectivity index (χ3v) is 12.2. The summed E-state index contributed by atoms with van der Waals surface area (Å²) in [6.07, 6.45) is 84.6. The van der Waals surface area contributed by atoms with Gasteiger partial charge in [0.1, 0.15) is 13.2 Å². The molecule has 73 heavy (non-hydrogen) atoms. The number of carbonyl (C=O) groups is 3. The van der Waals surface area contributed by atoms with Crippen LogP contribution in [0.1, 0.15) is 252 Å². The van der Waals surface area contributed by atoms with Gasteiger partial charge in [-0.15, -0.1) is 0 Å². The average molecular weight is 1010 g/mol. The van der Waals surface area contributed by atoms with Crippen LogP contribution in [0.4, 0.5) is 0 Å². The molecule has 0 aromatic rings. The van der Waals surface area contributed by atoms with E-state index in [1.807, 2.05) is 12.2 Å². The molecule has 0 aliphatic carbocycles. The lowest BCUT2D eigenvalue weighted by Crippen LogP contribution is -2.30. The maximum absolute atomic E-state index is 12.9. The molecule has 412 valence electrons. The molecule has 0 spiro atoms. The predicted molar refractivity (Wildman–Crippen MR) is 316 cm³/mol. The third kappa shape index (κ3) is 58.3. The minimum Gasteiger partial charge on any atom is -0.462 e. The van der Waals surface area contributed by atoms with Gasteiger partial charge in [0.25, 0.3) is 0 Å². The molecule has 0 rings (SSSR count). The van der Waals surface area contributed by atoms with E-state index in [9.17, 15) is 14.4 Å². The molecule has 0 amide bonds. The normalized spacial score (nSPS) is 13.1. The van der Waals surface area contributed by atoms with Crippen molar-refractivity contribution in [1.29, 1.82) is 0 Å². The Morgan fingerprint density at radius 1 is 0.288 bits per heavy atom. The second-order valence-corrected chi connectivity index (χ2v) is 19.1. The van der Waals surface area contributed by atoms with E-state index in [0.29, 0.717) is 19.3 Å². The van der Waals surface area contributed by atoms with Gasteiger partial charge in [-0.3, -0.25) is 14.4 Å². The van der Waals surface area contributed by atoms with E-state index in [-0.39, 0.29) is 37.5 Å². The second-order valence-electron chi connectivity index (χ2n) is 19.1. The van der Waals surface area contributed by atoms with Crippen LogP contribution >= 0.6 is 0 Å². The molecule has 0 heterocycles. The molecule has 0 N–H and O–H groups in total. The summed E-state index contributed by atoms with van der Waals surface area (Å²) in [4.78, 5) is 38.1. The van der Waals surface area contributed by atoms with Gasteiger partial charge in [0.15, 0.2) is 6.10 Å². The Morgan fingerprint density at radius 2 is 0.562 bits per heavy atom. The number of esters is 3. The Kier molecular flexibility index (Phi) is 56.4. The average Bonchev–Trinajstić information content (AvgIpc) is 3.39. The second kappa shape index (κ2) is 60.1. The Balaban J connectivity index is 4.42. The summed E-state index contributed by atoms with van der Waals surface area (Å²) >= 11 is 0. The largest absolute Gasteiger partial charge is 0.462 e. The maximum atomic E-state index is 12.9. The van der Waals surface area contributed by atoms with Crippen molar-refractivity contribution in [3.63, 3.8) is 0 Å². The van der Waals surface area contributed by atoms with Crippen LogP contribution < -0.4 is 0 Å². The zero-order chi connectivity index (χ0) is 52.9. The summed E-state index contributed by atoms with van der Waals surface area (Å²) in [5, 5.41) is 0. The van der Waals surface area contributed by atoms with Gasteiger partial charge in [-0.25, -0.2) is 0 Å². The monoisotopic (exact) mass is 1010 g/mol. The number of allylic oxidation sites excluding steroid dienone is 22. The summed E-state index contributed by atoms with van der Waals surface area (Å²) in [6, 6.07) is 0. The standard InChI is InChI=1S/C67H108O6/c1-4-7-10-13-16-19-22-25-27-28-29-30-31-32-33-34-35-36-37-38-40-42-45-48-51-54-57-60-66(69)72-63-64(62-71-65(68)59-56-53-50-47-44-41-24-21-18-15-12-9-6-3)73-67(70)61-58-55-52-49-46-43-39-26-23-20-17-14-11-8-5-2/h7,9-10,12,16,18-19,21,25,27,29-30,32-33,35-36,38,40-41,44,50,53,64H,4-6,8,11,13-15,17,20,22-24,26,28,31,34,37,39,42-43,45-49,51-52,54-63H2,1-3H3/b10-7-,12-9-,19-16-,21-18-,27-25-,30-29-,33-32-,36-35-,40-38-,44-41-,53-50-. The van der Waals surface area contributed by atoms with Crippen molar-refractivity contribution in [3.8, 4) is 0 Å². The molecule has 0 radical (unpaired) electrons. The summed E-state index contributed by atoms with van der Waals surface area (Å²) < 4.78 is 16.8. The van der Waals surface area contributed by atoms with E-state index >= 15 is 0 Å². The Morgan fingerprint density at radius 3 is 0.918 bits per heavy atom. The van der Waals surface area contributed by atoms with Crippen LogP contribution in [0, 0.1) is 0 Å². The van der Waals surface area contributed by atoms with Crippen molar-refractivity contribution in [2.24, 2.45) is 0 Å². The van der Waals surface area contributed by atoms with E-state index in [0.717, 1.165) is 128 Å². The van der Waals surface area contributed by atoms with Gasteiger partial charge >= 0.3 is 17.9 Å². The zero-order valence-electron chi connectivity index (χ0n) is 47.1. The SMILES string of the molecule is CC/C=C\C/C=C\C/C=C\C/C=C\C/C=C\C/C=C\C/C=C\CCCCCCCC(=O)OCC(COC(=O)CC/C=C\C/C=C\C/C=C\C/C=C\CC)OC(=O)CCCCCCCCCCCCCCCCC. The molecule has 0 saturated carbocycles. The molecule has 0 aromatic carbocycles. The molecule has 0 bridgehead atoms. The minimum atomic E-state index is -0.818. The van der Waals surface area contributed by atoms with Crippen molar-refractivity contribution >= 4 is 17.9 Å². The molecule has 1 unspecified atom stereocenters. The van der Waals surface area contributed by atoms with E-state index in [2.05, 4.69) is 142 Å². The number of unbranched alkanes of at least 4 members (excludes halogenated alkanes) is 19. The first-order chi connectivity index (χ1) is 36.0. The minimum absolute atomic E-state index is 0.113. The highest BCUT2D eigenvalue weighted by molar-refractivity contribution is 5.71. The summed E-state index contributed by atoms with van der Waals surface area (Å²) in [6.45, 7) is 6.33. The van der Waals surface area contributed by atoms with Crippen molar-refractivity contribution in [3.05, 3.63) is 134 Å². The highest BCUT2D eigenvalue weighted by Crippen LogP contribution is 2.15. The van der Waals surface area contributed by atoms with Crippen LogP contribution in [0.5, 0.6) is 0 Å². The van der Waals surface area contributed by atoms with Crippen LogP contribution in [-0.4, -0.2) is 37.2 Å². The van der Waals surface area contributed by atoms with Gasteiger partial charge < -0.3 is 14.2 Å². The zero-order valence-corrected chi connectivity index (χ0v) is 47.1. The fourth-order valence-electron chi connectivity index (χ4n) is 7.79. The summed E-state index contributed by atoms with van der Waals surface area (Å²) in [5.74, 6) is -1.01. The van der Waals surface area contributed by atoms with Crippen molar-refractivity contribution in [2.75, 3.05) is 13.2 Å². The summed E-state index contributed by atoms with van der Waals surface area (Å²) in [7, 11) is 0. The lowest BCUT2D eigenvalue weighted by atomic mass is 10.0. The lowest BCUT2D eigenvalue weighted by Gasteiger charge is -2.18. The van der Waals surface area contributed by atoms with Crippen molar-refractivity contribution in [1.82, 2.24) is 0 Å². The molecule has 0 aliphatic heterocycles. The Bertz CT molecular complexity index is 1580. The molecule has 0 saturated heterocycles. The van der Waals surface area contributed by atoms with Crippen molar-refractivity contribution in [2.45, 2.75) is 258 Å². The van der Waals surface area contributed by atoms with Gasteiger partial charge in [-0.05, 0) is 103 Å². The summed E-state index contributed by atoms with van der Waals surface area (Å²) in [5.41, 5.74) is 0. The molecule has 0 aromatic heterocycles. The quantitative estimate of drug-likeness (QED) is 0.0261. The Labute approximate surface area is 449 Å². The van der Waals surface area contributed by atoms with Crippen LogP contribution in [0.25, 0.3) is 0 Å². The predicted octanol–water partition coefficient (Wildman–Crippen LogP) is 20.2. The number of carbonyl (C=O) groups excluding carboxylic acids is 3. The number of hydrogen-bond acceptors (Lipinski definition) is 6. The van der Waals surface area contributed by atoms with Crippen molar-refractivity contribution < 1.29 is 28.6 Å². The number of ether oxygens (including phenoxy) is 3. The van der Waals surface area contributed by atoms with Gasteiger partial charge in [0, 0.05) is 19.3 Å². The molecule has 1 atom stereocenters.